The van der Waals surface area contributed by atoms with Gasteiger partial charge in [-0.15, -0.1) is 0 Å². The van der Waals surface area contributed by atoms with Crippen LogP contribution < -0.4 is 10.1 Å². The first kappa shape index (κ1) is 21.2. The maximum atomic E-state index is 12.9. The van der Waals surface area contributed by atoms with Crippen molar-refractivity contribution in [3.63, 3.8) is 0 Å². The standard InChI is InChI=1S/C24H33N3O2/c1-19-11-12-21(22(17-19)29-18-20-9-6-5-7-10-20)25-23(28)26-13-8-14-27(16-15-26)24(2,3)4/h5-7,9-12,17H,8,13-16,18H2,1-4H3,(H,25,28). The van der Waals surface area contributed by atoms with E-state index in [0.717, 1.165) is 43.7 Å². The lowest BCUT2D eigenvalue weighted by atomic mass is 10.1. The molecular formula is C24H33N3O2. The number of urea groups is 1. The van der Waals surface area contributed by atoms with Crippen molar-refractivity contribution < 1.29 is 9.53 Å². The fourth-order valence-corrected chi connectivity index (χ4v) is 3.57. The summed E-state index contributed by atoms with van der Waals surface area (Å²) in [7, 11) is 0. The van der Waals surface area contributed by atoms with Crippen molar-refractivity contribution in [3.8, 4) is 5.75 Å². The summed E-state index contributed by atoms with van der Waals surface area (Å²) in [6, 6.07) is 15.9. The Morgan fingerprint density at radius 2 is 1.79 bits per heavy atom. The molecule has 0 aromatic heterocycles. The van der Waals surface area contributed by atoms with E-state index >= 15 is 0 Å². The molecule has 3 rings (SSSR count). The predicted octanol–water partition coefficient (Wildman–Crippen LogP) is 4.91. The summed E-state index contributed by atoms with van der Waals surface area (Å²) in [4.78, 5) is 17.3. The van der Waals surface area contributed by atoms with E-state index in [1.54, 1.807) is 0 Å². The summed E-state index contributed by atoms with van der Waals surface area (Å²) < 4.78 is 6.04. The number of carbonyl (C=O) groups excluding carboxylic acids is 1. The third-order valence-electron chi connectivity index (χ3n) is 5.35. The number of benzene rings is 2. The van der Waals surface area contributed by atoms with Crippen LogP contribution in [0.2, 0.25) is 0 Å². The van der Waals surface area contributed by atoms with Gasteiger partial charge in [-0.25, -0.2) is 4.79 Å². The van der Waals surface area contributed by atoms with E-state index in [0.29, 0.717) is 18.0 Å². The molecule has 0 bridgehead atoms. The third kappa shape index (κ3) is 5.97. The lowest BCUT2D eigenvalue weighted by molar-refractivity contribution is 0.142. The van der Waals surface area contributed by atoms with Gasteiger partial charge in [-0.1, -0.05) is 36.4 Å². The zero-order valence-electron chi connectivity index (χ0n) is 18.1. The smallest absolute Gasteiger partial charge is 0.321 e. The number of ether oxygens (including phenoxy) is 1. The van der Waals surface area contributed by atoms with E-state index in [-0.39, 0.29) is 11.6 Å². The van der Waals surface area contributed by atoms with Crippen molar-refractivity contribution in [2.24, 2.45) is 0 Å². The van der Waals surface area contributed by atoms with Crippen LogP contribution in [-0.4, -0.2) is 47.5 Å². The average molecular weight is 396 g/mol. The van der Waals surface area contributed by atoms with Gasteiger partial charge in [-0.2, -0.15) is 0 Å². The lowest BCUT2D eigenvalue weighted by Crippen LogP contribution is -2.44. The highest BCUT2D eigenvalue weighted by molar-refractivity contribution is 5.91. The zero-order valence-corrected chi connectivity index (χ0v) is 18.1. The molecule has 1 fully saturated rings. The van der Waals surface area contributed by atoms with Crippen LogP contribution in [-0.2, 0) is 6.61 Å². The molecule has 0 spiro atoms. The third-order valence-corrected chi connectivity index (χ3v) is 5.35. The number of hydrogen-bond donors (Lipinski definition) is 1. The van der Waals surface area contributed by atoms with Gasteiger partial charge in [-0.3, -0.25) is 4.90 Å². The Labute approximate surface area is 174 Å². The number of rotatable bonds is 4. The van der Waals surface area contributed by atoms with Crippen LogP contribution in [0.3, 0.4) is 0 Å². The zero-order chi connectivity index (χ0) is 20.9. The summed E-state index contributed by atoms with van der Waals surface area (Å²) >= 11 is 0. The van der Waals surface area contributed by atoms with Gasteiger partial charge < -0.3 is 15.0 Å². The Kier molecular flexibility index (Phi) is 6.80. The Morgan fingerprint density at radius 1 is 1.03 bits per heavy atom. The highest BCUT2D eigenvalue weighted by Crippen LogP contribution is 2.27. The minimum absolute atomic E-state index is 0.0610. The maximum Gasteiger partial charge on any atom is 0.321 e. The van der Waals surface area contributed by atoms with E-state index in [1.165, 1.54) is 0 Å². The first-order valence-electron chi connectivity index (χ1n) is 10.4. The van der Waals surface area contributed by atoms with Crippen molar-refractivity contribution >= 4 is 11.7 Å². The van der Waals surface area contributed by atoms with Crippen LogP contribution in [0.4, 0.5) is 10.5 Å². The molecule has 0 atom stereocenters. The fraction of sp³-hybridized carbons (Fsp3) is 0.458. The van der Waals surface area contributed by atoms with Crippen LogP contribution in [0.15, 0.2) is 48.5 Å². The Balaban J connectivity index is 1.65. The normalized spacial score (nSPS) is 15.7. The second kappa shape index (κ2) is 9.31. The Bertz CT molecular complexity index is 815. The maximum absolute atomic E-state index is 12.9. The van der Waals surface area contributed by atoms with Crippen LogP contribution >= 0.6 is 0 Å². The summed E-state index contributed by atoms with van der Waals surface area (Å²) in [6.45, 7) is 12.6. The number of nitrogens with one attached hydrogen (secondary N) is 1. The second-order valence-corrected chi connectivity index (χ2v) is 8.70. The van der Waals surface area contributed by atoms with Gasteiger partial charge in [0, 0.05) is 31.7 Å². The van der Waals surface area contributed by atoms with Crippen molar-refractivity contribution in [1.82, 2.24) is 9.80 Å². The molecule has 1 saturated heterocycles. The van der Waals surface area contributed by atoms with Gasteiger partial charge in [0.2, 0.25) is 0 Å². The first-order chi connectivity index (χ1) is 13.8. The van der Waals surface area contributed by atoms with Crippen molar-refractivity contribution in [2.75, 3.05) is 31.5 Å². The second-order valence-electron chi connectivity index (χ2n) is 8.70. The molecule has 0 radical (unpaired) electrons. The van der Waals surface area contributed by atoms with Crippen molar-refractivity contribution in [3.05, 3.63) is 59.7 Å². The number of hydrogen-bond acceptors (Lipinski definition) is 3. The molecule has 5 nitrogen and oxygen atoms in total. The SMILES string of the molecule is Cc1ccc(NC(=O)N2CCCN(C(C)(C)C)CC2)c(OCc2ccccc2)c1. The molecule has 1 heterocycles. The van der Waals surface area contributed by atoms with Gasteiger partial charge in [0.1, 0.15) is 12.4 Å². The topological polar surface area (TPSA) is 44.8 Å². The molecule has 0 unspecified atom stereocenters. The number of aryl methyl sites for hydroxylation is 1. The predicted molar refractivity (Wildman–Crippen MR) is 118 cm³/mol. The average Bonchev–Trinajstić information content (AvgIpc) is 2.95. The van der Waals surface area contributed by atoms with Crippen LogP contribution in [0, 0.1) is 6.92 Å². The van der Waals surface area contributed by atoms with Crippen molar-refractivity contribution in [2.45, 2.75) is 46.3 Å². The molecule has 2 aromatic rings. The summed E-state index contributed by atoms with van der Waals surface area (Å²) in [5, 5.41) is 3.07. The van der Waals surface area contributed by atoms with Gasteiger partial charge in [0.15, 0.2) is 0 Å². The molecule has 156 valence electrons. The summed E-state index contributed by atoms with van der Waals surface area (Å²) in [6.07, 6.45) is 0.982. The summed E-state index contributed by atoms with van der Waals surface area (Å²) in [5.74, 6) is 0.702. The van der Waals surface area contributed by atoms with Crippen LogP contribution in [0.5, 0.6) is 5.75 Å². The van der Waals surface area contributed by atoms with E-state index < -0.39 is 0 Å². The largest absolute Gasteiger partial charge is 0.487 e. The van der Waals surface area contributed by atoms with Gasteiger partial charge in [-0.05, 0) is 57.4 Å². The fourth-order valence-electron chi connectivity index (χ4n) is 3.57. The molecule has 0 aliphatic carbocycles. The monoisotopic (exact) mass is 395 g/mol. The van der Waals surface area contributed by atoms with Gasteiger partial charge in [0.25, 0.3) is 0 Å². The number of anilines is 1. The molecule has 29 heavy (non-hydrogen) atoms. The summed E-state index contributed by atoms with van der Waals surface area (Å²) in [5.41, 5.74) is 3.04. The number of nitrogens with zero attached hydrogens (tertiary/aromatic N) is 2. The van der Waals surface area contributed by atoms with Crippen LogP contribution in [0.1, 0.15) is 38.3 Å². The molecule has 1 aliphatic rings. The minimum atomic E-state index is -0.0610. The van der Waals surface area contributed by atoms with Gasteiger partial charge in [0.05, 0.1) is 5.69 Å². The first-order valence-corrected chi connectivity index (χ1v) is 10.4. The molecule has 0 saturated carbocycles. The molecule has 2 aromatic carbocycles. The van der Waals surface area contributed by atoms with E-state index in [2.05, 4.69) is 31.0 Å². The molecule has 2 amide bonds. The Morgan fingerprint density at radius 3 is 2.52 bits per heavy atom. The molecule has 1 aliphatic heterocycles. The molecule has 1 N–H and O–H groups in total. The van der Waals surface area contributed by atoms with Crippen molar-refractivity contribution in [1.29, 1.82) is 0 Å². The highest BCUT2D eigenvalue weighted by Gasteiger charge is 2.26. The van der Waals surface area contributed by atoms with E-state index in [4.69, 9.17) is 4.74 Å². The van der Waals surface area contributed by atoms with Crippen LogP contribution in [0.25, 0.3) is 0 Å². The van der Waals surface area contributed by atoms with E-state index in [9.17, 15) is 4.79 Å². The number of amides is 2. The lowest BCUT2D eigenvalue weighted by Gasteiger charge is -2.34. The van der Waals surface area contributed by atoms with Gasteiger partial charge >= 0.3 is 6.03 Å². The quantitative estimate of drug-likeness (QED) is 0.800. The molecule has 5 heteroatoms. The minimum Gasteiger partial charge on any atom is -0.487 e. The molecular weight excluding hydrogens is 362 g/mol. The highest BCUT2D eigenvalue weighted by atomic mass is 16.5. The Hall–Kier alpha value is -2.53. The van der Waals surface area contributed by atoms with E-state index in [1.807, 2.05) is 60.4 Å². The number of carbonyl (C=O) groups is 1.